The topological polar surface area (TPSA) is 18.5 Å². The maximum atomic E-state index is 6.89. The van der Waals surface area contributed by atoms with Crippen molar-refractivity contribution in [2.45, 2.75) is 76.6 Å². The van der Waals surface area contributed by atoms with E-state index < -0.39 is 13.9 Å². The molecule has 4 aromatic rings. The van der Waals surface area contributed by atoms with Gasteiger partial charge < -0.3 is 9.16 Å². The Morgan fingerprint density at radius 3 is 1.62 bits per heavy atom. The van der Waals surface area contributed by atoms with Gasteiger partial charge in [0.2, 0.25) is 8.32 Å². The molecule has 0 fully saturated rings. The highest BCUT2D eigenvalue weighted by Gasteiger charge is 2.40. The summed E-state index contributed by atoms with van der Waals surface area (Å²) in [7, 11) is -1.99. The van der Waals surface area contributed by atoms with Crippen molar-refractivity contribution in [3.8, 4) is 17.6 Å². The predicted octanol–water partition coefficient (Wildman–Crippen LogP) is 9.50. The fraction of sp³-hybridized carbons (Fsp3) is 0.333. The minimum Gasteiger partial charge on any atom is -0.543 e. The van der Waals surface area contributed by atoms with E-state index in [-0.39, 0.29) is 5.04 Å². The van der Waals surface area contributed by atoms with Crippen LogP contribution in [0.15, 0.2) is 103 Å². The molecule has 216 valence electrons. The molecule has 0 atom stereocenters. The van der Waals surface area contributed by atoms with Crippen LogP contribution >= 0.6 is 0 Å². The van der Waals surface area contributed by atoms with Gasteiger partial charge in [0, 0.05) is 12.0 Å². The van der Waals surface area contributed by atoms with Crippen LogP contribution in [0.3, 0.4) is 0 Å². The van der Waals surface area contributed by atoms with Crippen molar-refractivity contribution in [1.82, 2.24) is 0 Å². The van der Waals surface area contributed by atoms with Crippen molar-refractivity contribution in [3.63, 3.8) is 0 Å². The minimum atomic E-state index is -1.99. The number of rotatable bonds is 8. The smallest absolute Gasteiger partial charge is 0.250 e. The van der Waals surface area contributed by atoms with Crippen molar-refractivity contribution < 1.29 is 9.16 Å². The van der Waals surface area contributed by atoms with Crippen molar-refractivity contribution in [2.75, 3.05) is 6.61 Å². The first-order valence-electron chi connectivity index (χ1n) is 15.3. The molecule has 5 rings (SSSR count). The lowest BCUT2D eigenvalue weighted by atomic mass is 9.80. The van der Waals surface area contributed by atoms with Crippen LogP contribution in [0.25, 0.3) is 0 Å². The van der Waals surface area contributed by atoms with Crippen LogP contribution in [0.2, 0.25) is 18.1 Å². The molecule has 0 saturated carbocycles. The highest BCUT2D eigenvalue weighted by atomic mass is 28.4. The largest absolute Gasteiger partial charge is 0.543 e. The van der Waals surface area contributed by atoms with Gasteiger partial charge in [-0.1, -0.05) is 130 Å². The molecular weight excluding hydrogens is 529 g/mol. The van der Waals surface area contributed by atoms with E-state index in [2.05, 4.69) is 131 Å². The Morgan fingerprint density at radius 2 is 1.14 bits per heavy atom. The zero-order valence-electron chi connectivity index (χ0n) is 25.9. The molecule has 4 aromatic carbocycles. The quantitative estimate of drug-likeness (QED) is 0.119. The van der Waals surface area contributed by atoms with E-state index in [0.717, 1.165) is 35.3 Å². The standard InChI is InChI=1S/C39H44O2Si/c1-38(2,3)42(4,5)41-37-30-32-20-16-15-19-31(32)29-33(37)21-17-18-28-40-39(34-22-9-6-10-23-34,35-24-11-7-12-25-35)36-26-13-8-14-27-36/h6-14,22-27,29-30H,15-16,19-21,28H2,1-5H3. The average molecular weight is 573 g/mol. The van der Waals surface area contributed by atoms with Gasteiger partial charge in [-0.05, 0) is 77.7 Å². The van der Waals surface area contributed by atoms with Gasteiger partial charge in [-0.25, -0.2) is 0 Å². The normalized spacial score (nSPS) is 13.5. The van der Waals surface area contributed by atoms with E-state index in [9.17, 15) is 0 Å². The van der Waals surface area contributed by atoms with Crippen LogP contribution in [-0.4, -0.2) is 14.9 Å². The van der Waals surface area contributed by atoms with Gasteiger partial charge in [0.05, 0.1) is 0 Å². The Labute approximate surface area is 254 Å². The second-order valence-corrected chi connectivity index (χ2v) is 17.6. The maximum Gasteiger partial charge on any atom is 0.250 e. The molecule has 0 aromatic heterocycles. The lowest BCUT2D eigenvalue weighted by molar-refractivity contribution is 0.0353. The van der Waals surface area contributed by atoms with Crippen LogP contribution < -0.4 is 4.43 Å². The average Bonchev–Trinajstić information content (AvgIpc) is 3.00. The summed E-state index contributed by atoms with van der Waals surface area (Å²) >= 11 is 0. The molecule has 0 heterocycles. The molecule has 0 unspecified atom stereocenters. The third kappa shape index (κ3) is 6.41. The van der Waals surface area contributed by atoms with Gasteiger partial charge in [0.1, 0.15) is 18.0 Å². The van der Waals surface area contributed by atoms with E-state index in [0.29, 0.717) is 13.0 Å². The molecular formula is C39H44O2Si. The third-order valence-corrected chi connectivity index (χ3v) is 13.3. The summed E-state index contributed by atoms with van der Waals surface area (Å²) in [6, 6.07) is 36.1. The molecule has 0 saturated heterocycles. The molecule has 0 bridgehead atoms. The van der Waals surface area contributed by atoms with E-state index in [1.54, 1.807) is 0 Å². The van der Waals surface area contributed by atoms with Gasteiger partial charge >= 0.3 is 0 Å². The Kier molecular flexibility index (Phi) is 9.07. The van der Waals surface area contributed by atoms with E-state index in [4.69, 9.17) is 9.16 Å². The molecule has 42 heavy (non-hydrogen) atoms. The molecule has 2 nitrogen and oxygen atoms in total. The van der Waals surface area contributed by atoms with Crippen LogP contribution in [0, 0.1) is 11.8 Å². The fourth-order valence-corrected chi connectivity index (χ4v) is 6.64. The summed E-state index contributed by atoms with van der Waals surface area (Å²) in [5.41, 5.74) is 6.62. The lowest BCUT2D eigenvalue weighted by Crippen LogP contribution is -2.44. The van der Waals surface area contributed by atoms with Crippen LogP contribution in [0.1, 0.15) is 67.0 Å². The lowest BCUT2D eigenvalue weighted by Gasteiger charge is -2.37. The molecule has 0 N–H and O–H groups in total. The second-order valence-electron chi connectivity index (χ2n) is 12.9. The second kappa shape index (κ2) is 12.7. The highest BCUT2D eigenvalue weighted by molar-refractivity contribution is 6.74. The summed E-state index contributed by atoms with van der Waals surface area (Å²) in [5, 5.41) is 0.134. The first-order valence-corrected chi connectivity index (χ1v) is 18.2. The van der Waals surface area contributed by atoms with Gasteiger partial charge in [-0.2, -0.15) is 0 Å². The van der Waals surface area contributed by atoms with E-state index >= 15 is 0 Å². The third-order valence-electron chi connectivity index (χ3n) is 9.00. The molecule has 0 amide bonds. The number of hydrogen-bond acceptors (Lipinski definition) is 2. The van der Waals surface area contributed by atoms with Crippen LogP contribution in [0.4, 0.5) is 0 Å². The first kappa shape index (κ1) is 29.9. The number of aryl methyl sites for hydroxylation is 2. The minimum absolute atomic E-state index is 0.134. The fourth-order valence-electron chi connectivity index (χ4n) is 5.60. The first-order chi connectivity index (χ1) is 20.2. The summed E-state index contributed by atoms with van der Waals surface area (Å²) in [5.74, 6) is 7.88. The van der Waals surface area contributed by atoms with Crippen LogP contribution in [-0.2, 0) is 29.6 Å². The van der Waals surface area contributed by atoms with Gasteiger partial charge in [-0.3, -0.25) is 0 Å². The number of fused-ring (bicyclic) bond motifs is 1. The predicted molar refractivity (Wildman–Crippen MR) is 178 cm³/mol. The number of hydrogen-bond donors (Lipinski definition) is 0. The van der Waals surface area contributed by atoms with E-state index in [1.807, 2.05) is 18.2 Å². The highest BCUT2D eigenvalue weighted by Crippen LogP contribution is 2.41. The maximum absolute atomic E-state index is 6.89. The summed E-state index contributed by atoms with van der Waals surface area (Å²) in [6.07, 6.45) is 5.45. The molecule has 0 radical (unpaired) electrons. The van der Waals surface area contributed by atoms with Gasteiger partial charge in [0.25, 0.3) is 0 Å². The van der Waals surface area contributed by atoms with Crippen molar-refractivity contribution in [3.05, 3.63) is 137 Å². The Morgan fingerprint density at radius 1 is 0.667 bits per heavy atom. The molecule has 3 heteroatoms. The van der Waals surface area contributed by atoms with Gasteiger partial charge in [0.15, 0.2) is 0 Å². The number of ether oxygens (including phenoxy) is 1. The van der Waals surface area contributed by atoms with Crippen molar-refractivity contribution >= 4 is 8.32 Å². The molecule has 1 aliphatic carbocycles. The van der Waals surface area contributed by atoms with E-state index in [1.165, 1.54) is 29.5 Å². The zero-order chi connectivity index (χ0) is 29.6. The van der Waals surface area contributed by atoms with Crippen molar-refractivity contribution in [2.24, 2.45) is 0 Å². The monoisotopic (exact) mass is 572 g/mol. The summed E-state index contributed by atoms with van der Waals surface area (Å²) < 4.78 is 13.8. The zero-order valence-corrected chi connectivity index (χ0v) is 26.9. The molecule has 1 aliphatic rings. The van der Waals surface area contributed by atoms with Crippen molar-refractivity contribution in [1.29, 1.82) is 0 Å². The SMILES string of the molecule is CC(C)(C)[Si](C)(C)Oc1cc2c(cc1CC#CCOC(c1ccccc1)(c1ccccc1)c1ccccc1)CCCC2. The Balaban J connectivity index is 1.45. The van der Waals surface area contributed by atoms with Gasteiger partial charge in [-0.15, -0.1) is 0 Å². The summed E-state index contributed by atoms with van der Waals surface area (Å²) in [4.78, 5) is 0. The summed E-state index contributed by atoms with van der Waals surface area (Å²) in [6.45, 7) is 11.9. The Hall–Kier alpha value is -3.58. The number of benzene rings is 4. The molecule has 0 spiro atoms. The van der Waals surface area contributed by atoms with Crippen LogP contribution in [0.5, 0.6) is 5.75 Å². The Bertz CT molecular complexity index is 1430. The molecule has 0 aliphatic heterocycles.